The van der Waals surface area contributed by atoms with Crippen LogP contribution in [0.2, 0.25) is 5.02 Å². The summed E-state index contributed by atoms with van der Waals surface area (Å²) >= 11 is 6.03. The first-order valence-electron chi connectivity index (χ1n) is 9.20. The van der Waals surface area contributed by atoms with Crippen molar-refractivity contribution in [1.82, 2.24) is 5.43 Å². The second kappa shape index (κ2) is 10.4. The van der Waals surface area contributed by atoms with Gasteiger partial charge in [-0.15, -0.1) is 0 Å². The lowest BCUT2D eigenvalue weighted by Crippen LogP contribution is -2.25. The fourth-order valence-corrected chi connectivity index (χ4v) is 2.86. The Morgan fingerprint density at radius 3 is 2.45 bits per heavy atom. The number of hydrazone groups is 1. The Balaban J connectivity index is 1.66. The molecule has 0 fully saturated rings. The van der Waals surface area contributed by atoms with Crippen LogP contribution in [-0.2, 0) is 4.79 Å². The number of carbonyl (C=O) groups is 2. The first-order chi connectivity index (χ1) is 15.0. The number of nitrogens with one attached hydrogen (secondary N) is 1. The summed E-state index contributed by atoms with van der Waals surface area (Å²) in [6.45, 7) is 0. The van der Waals surface area contributed by atoms with Crippen LogP contribution in [0.4, 0.5) is 0 Å². The number of amides is 1. The highest BCUT2D eigenvalue weighted by Crippen LogP contribution is 2.29. The van der Waals surface area contributed by atoms with Crippen LogP contribution < -0.4 is 14.9 Å². The topological polar surface area (TPSA) is 97.2 Å². The van der Waals surface area contributed by atoms with Gasteiger partial charge in [0.2, 0.25) is 0 Å². The van der Waals surface area contributed by atoms with E-state index in [0.29, 0.717) is 16.9 Å². The van der Waals surface area contributed by atoms with Gasteiger partial charge in [0.15, 0.2) is 17.6 Å². The van der Waals surface area contributed by atoms with Crippen molar-refractivity contribution >= 4 is 29.7 Å². The smallest absolute Gasteiger partial charge is 0.345 e. The number of ether oxygens (including phenoxy) is 2. The molecule has 1 amide bonds. The van der Waals surface area contributed by atoms with Crippen LogP contribution in [0.3, 0.4) is 0 Å². The van der Waals surface area contributed by atoms with E-state index in [1.165, 1.54) is 19.4 Å². The van der Waals surface area contributed by atoms with Crippen LogP contribution in [0.25, 0.3) is 0 Å². The number of rotatable bonds is 7. The summed E-state index contributed by atoms with van der Waals surface area (Å²) < 4.78 is 10.7. The van der Waals surface area contributed by atoms with E-state index < -0.39 is 18.0 Å². The van der Waals surface area contributed by atoms with Gasteiger partial charge in [-0.05, 0) is 41.5 Å². The number of carbonyl (C=O) groups excluding carboxylic acids is 2. The zero-order valence-electron chi connectivity index (χ0n) is 16.5. The molecule has 0 bridgehead atoms. The Hall–Kier alpha value is -3.68. The fourth-order valence-electron chi connectivity index (χ4n) is 2.65. The van der Waals surface area contributed by atoms with Gasteiger partial charge in [-0.25, -0.2) is 10.2 Å². The van der Waals surface area contributed by atoms with Crippen molar-refractivity contribution in [2.75, 3.05) is 7.11 Å². The molecule has 0 radical (unpaired) electrons. The molecule has 158 valence electrons. The number of halogens is 1. The summed E-state index contributed by atoms with van der Waals surface area (Å²) in [6.07, 6.45) is 0.0390. The minimum atomic E-state index is -1.33. The summed E-state index contributed by atoms with van der Waals surface area (Å²) in [7, 11) is 1.43. The summed E-state index contributed by atoms with van der Waals surface area (Å²) in [5.74, 6) is -0.791. The molecule has 0 spiro atoms. The second-order valence-corrected chi connectivity index (χ2v) is 6.73. The van der Waals surface area contributed by atoms with Gasteiger partial charge < -0.3 is 14.6 Å². The zero-order chi connectivity index (χ0) is 22.2. The molecule has 3 aromatic rings. The maximum Gasteiger partial charge on any atom is 0.345 e. The Morgan fingerprint density at radius 1 is 1.03 bits per heavy atom. The first-order valence-corrected chi connectivity index (χ1v) is 9.58. The number of hydrogen-bond donors (Lipinski definition) is 2. The molecule has 0 heterocycles. The van der Waals surface area contributed by atoms with Crippen LogP contribution in [0.15, 0.2) is 77.9 Å². The molecule has 7 nitrogen and oxygen atoms in total. The number of methoxy groups -OCH3 is 1. The molecule has 3 aromatic carbocycles. The molecule has 8 heteroatoms. The van der Waals surface area contributed by atoms with Crippen LogP contribution in [0.5, 0.6) is 11.5 Å². The number of hydrogen-bond acceptors (Lipinski definition) is 6. The van der Waals surface area contributed by atoms with E-state index in [0.717, 1.165) is 0 Å². The van der Waals surface area contributed by atoms with Crippen LogP contribution in [0.1, 0.15) is 27.6 Å². The third kappa shape index (κ3) is 5.69. The van der Waals surface area contributed by atoms with E-state index in [-0.39, 0.29) is 16.3 Å². The first kappa shape index (κ1) is 22.0. The quantitative estimate of drug-likeness (QED) is 0.253. The van der Waals surface area contributed by atoms with Crippen molar-refractivity contribution < 1.29 is 24.2 Å². The third-order valence-corrected chi connectivity index (χ3v) is 4.57. The van der Waals surface area contributed by atoms with E-state index in [1.807, 2.05) is 0 Å². The molecule has 0 aliphatic heterocycles. The van der Waals surface area contributed by atoms with Crippen LogP contribution in [-0.4, -0.2) is 30.3 Å². The van der Waals surface area contributed by atoms with Crippen LogP contribution >= 0.6 is 11.6 Å². The maximum atomic E-state index is 12.4. The molecule has 0 saturated heterocycles. The molecule has 1 atom stereocenters. The Bertz CT molecular complexity index is 1100. The predicted molar refractivity (Wildman–Crippen MR) is 117 cm³/mol. The lowest BCUT2D eigenvalue weighted by Gasteiger charge is -2.11. The Morgan fingerprint density at radius 2 is 1.74 bits per heavy atom. The number of aliphatic hydroxyl groups is 1. The molecular weight excluding hydrogens is 420 g/mol. The number of aliphatic hydroxyl groups excluding tert-OH is 1. The van der Waals surface area contributed by atoms with Gasteiger partial charge in [-0.3, -0.25) is 4.79 Å². The van der Waals surface area contributed by atoms with E-state index in [1.54, 1.807) is 66.7 Å². The van der Waals surface area contributed by atoms with Crippen molar-refractivity contribution in [3.05, 3.63) is 94.5 Å². The molecule has 31 heavy (non-hydrogen) atoms. The van der Waals surface area contributed by atoms with Gasteiger partial charge in [0, 0.05) is 0 Å². The Kier molecular flexibility index (Phi) is 7.37. The van der Waals surface area contributed by atoms with Gasteiger partial charge in [0.1, 0.15) is 0 Å². The van der Waals surface area contributed by atoms with Crippen molar-refractivity contribution in [3.63, 3.8) is 0 Å². The molecule has 0 aromatic heterocycles. The molecule has 0 aliphatic carbocycles. The number of nitrogens with zero attached hydrogens (tertiary/aromatic N) is 1. The summed E-state index contributed by atoms with van der Waals surface area (Å²) in [6, 6.07) is 19.8. The van der Waals surface area contributed by atoms with Crippen molar-refractivity contribution in [3.8, 4) is 11.5 Å². The summed E-state index contributed by atoms with van der Waals surface area (Å²) in [5.41, 5.74) is 3.55. The predicted octanol–water partition coefficient (Wildman–Crippen LogP) is 3.75. The summed E-state index contributed by atoms with van der Waals surface area (Å²) in [4.78, 5) is 24.4. The maximum absolute atomic E-state index is 12.4. The van der Waals surface area contributed by atoms with Gasteiger partial charge in [-0.1, -0.05) is 54.1 Å². The zero-order valence-corrected chi connectivity index (χ0v) is 17.2. The van der Waals surface area contributed by atoms with Crippen molar-refractivity contribution in [2.45, 2.75) is 6.10 Å². The van der Waals surface area contributed by atoms with Crippen molar-refractivity contribution in [1.29, 1.82) is 0 Å². The van der Waals surface area contributed by atoms with Gasteiger partial charge in [0.25, 0.3) is 5.91 Å². The number of benzene rings is 3. The minimum absolute atomic E-state index is 0.202. The normalized spacial score (nSPS) is 11.7. The largest absolute Gasteiger partial charge is 0.493 e. The van der Waals surface area contributed by atoms with E-state index in [2.05, 4.69) is 10.5 Å². The van der Waals surface area contributed by atoms with Gasteiger partial charge >= 0.3 is 5.97 Å². The summed E-state index contributed by atoms with van der Waals surface area (Å²) in [5, 5.41) is 14.2. The lowest BCUT2D eigenvalue weighted by molar-refractivity contribution is -0.129. The molecular formula is C23H19ClN2O5. The van der Waals surface area contributed by atoms with Gasteiger partial charge in [0.05, 0.1) is 23.9 Å². The van der Waals surface area contributed by atoms with Gasteiger partial charge in [-0.2, -0.15) is 5.10 Å². The fraction of sp³-hybridized carbons (Fsp3) is 0.0870. The second-order valence-electron chi connectivity index (χ2n) is 6.33. The molecule has 2 N–H and O–H groups in total. The molecule has 0 unspecified atom stereocenters. The monoisotopic (exact) mass is 438 g/mol. The highest BCUT2D eigenvalue weighted by molar-refractivity contribution is 6.33. The minimum Gasteiger partial charge on any atom is -0.493 e. The molecule has 3 rings (SSSR count). The third-order valence-electron chi connectivity index (χ3n) is 4.24. The number of esters is 1. The standard InChI is InChI=1S/C23H19ClN2O5/c1-30-20-13-15(14-25-26-22(28)21(27)16-7-3-2-4-8-16)11-12-19(20)31-23(29)17-9-5-6-10-18(17)24/h2-14,21,27H,1H3,(H,26,28)/b25-14-/t21-/m0/s1. The average molecular weight is 439 g/mol. The van der Waals surface area contributed by atoms with E-state index >= 15 is 0 Å². The van der Waals surface area contributed by atoms with E-state index in [9.17, 15) is 14.7 Å². The van der Waals surface area contributed by atoms with Crippen molar-refractivity contribution in [2.24, 2.45) is 5.10 Å². The Labute approximate surface area is 183 Å². The lowest BCUT2D eigenvalue weighted by atomic mass is 10.1. The van der Waals surface area contributed by atoms with Crippen LogP contribution in [0, 0.1) is 0 Å². The molecule has 0 aliphatic rings. The average Bonchev–Trinajstić information content (AvgIpc) is 2.80. The van der Waals surface area contributed by atoms with E-state index in [4.69, 9.17) is 21.1 Å². The highest BCUT2D eigenvalue weighted by Gasteiger charge is 2.17. The highest BCUT2D eigenvalue weighted by atomic mass is 35.5. The molecule has 0 saturated carbocycles. The SMILES string of the molecule is COc1cc(/C=N\NC(=O)[C@@H](O)c2ccccc2)ccc1OC(=O)c1ccccc1Cl.